The molecular weight excluding hydrogens is 860 g/mol. The van der Waals surface area contributed by atoms with Gasteiger partial charge in [0.15, 0.2) is 31.3 Å². The third-order valence-electron chi connectivity index (χ3n) is 11.1. The van der Waals surface area contributed by atoms with Gasteiger partial charge in [-0.15, -0.1) is 0 Å². The molecule has 4 rings (SSSR count). The van der Waals surface area contributed by atoms with Crippen molar-refractivity contribution in [3.63, 3.8) is 0 Å². The first-order chi connectivity index (χ1) is 30.2. The number of aliphatic carboxylic acids is 1. The van der Waals surface area contributed by atoms with Crippen molar-refractivity contribution in [2.45, 2.75) is 190 Å². The highest BCUT2D eigenvalue weighted by Crippen LogP contribution is 2.35. The summed E-state index contributed by atoms with van der Waals surface area (Å²) in [5, 5.41) is 86.8. The maximum absolute atomic E-state index is 12.8. The van der Waals surface area contributed by atoms with Crippen LogP contribution in [0.5, 0.6) is 0 Å². The van der Waals surface area contributed by atoms with Crippen molar-refractivity contribution in [3.8, 4) is 0 Å². The van der Waals surface area contributed by atoms with Gasteiger partial charge >= 0.3 is 5.97 Å². The van der Waals surface area contributed by atoms with E-state index >= 15 is 0 Å². The van der Waals surface area contributed by atoms with Crippen LogP contribution in [0.2, 0.25) is 0 Å². The quantitative estimate of drug-likeness (QED) is 0.0511. The number of amides is 4. The van der Waals surface area contributed by atoms with E-state index in [2.05, 4.69) is 21.3 Å². The molecule has 4 aliphatic heterocycles. The molecule has 20 atom stereocenters. The lowest BCUT2D eigenvalue weighted by atomic mass is 9.94. The summed E-state index contributed by atoms with van der Waals surface area (Å²) >= 11 is 0. The zero-order valence-electron chi connectivity index (χ0n) is 36.8. The number of hydrogen-bond donors (Lipinski definition) is 11. The molecule has 0 saturated carbocycles. The fourth-order valence-corrected chi connectivity index (χ4v) is 7.69. The number of ether oxygens (including phenoxy) is 9. The SMILES string of the molecule is CCCCC(=O)NCCOCCO[C@@H]1OC(C)[C@H](O)[C@H](O[C@@H]2OC(C)[C@@H](O)[C@H](O[C@@H]3OC(C(=O)O)[C@@H](O)[C@H](O)C3O[C@@H]3OC(C)[C@@H](O)[C@H](O)C3NC(C)=O)C2NC(C)=O)C1NC(C)=O. The molecule has 0 spiro atoms. The molecule has 11 N–H and O–H groups in total. The van der Waals surface area contributed by atoms with Crippen molar-refractivity contribution < 1.29 is 102 Å². The van der Waals surface area contributed by atoms with Crippen LogP contribution in [-0.2, 0) is 66.6 Å². The van der Waals surface area contributed by atoms with E-state index in [0.29, 0.717) is 6.42 Å². The number of carboxylic acid groups (broad SMARTS) is 1. The monoisotopic (exact) mass is 926 g/mol. The van der Waals surface area contributed by atoms with E-state index in [-0.39, 0.29) is 32.3 Å². The Balaban J connectivity index is 1.60. The van der Waals surface area contributed by atoms with Gasteiger partial charge in [-0.3, -0.25) is 19.2 Å². The van der Waals surface area contributed by atoms with Gasteiger partial charge < -0.3 is 99.6 Å². The Kier molecular flexibility index (Phi) is 20.4. The lowest BCUT2D eigenvalue weighted by Crippen LogP contribution is -2.71. The van der Waals surface area contributed by atoms with Gasteiger partial charge in [-0.05, 0) is 27.2 Å². The summed E-state index contributed by atoms with van der Waals surface area (Å²) in [7, 11) is 0. The van der Waals surface area contributed by atoms with Gasteiger partial charge in [-0.25, -0.2) is 4.79 Å². The number of aliphatic hydroxyl groups excluding tert-OH is 6. The minimum Gasteiger partial charge on any atom is -0.479 e. The van der Waals surface area contributed by atoms with Gasteiger partial charge in [-0.2, -0.15) is 0 Å². The Labute approximate surface area is 369 Å². The molecule has 368 valence electrons. The molecule has 25 heteroatoms. The fourth-order valence-electron chi connectivity index (χ4n) is 7.69. The van der Waals surface area contributed by atoms with Crippen molar-refractivity contribution in [1.82, 2.24) is 21.3 Å². The maximum atomic E-state index is 12.8. The summed E-state index contributed by atoms with van der Waals surface area (Å²) < 4.78 is 53.3. The lowest BCUT2D eigenvalue weighted by Gasteiger charge is -2.50. The molecule has 4 aliphatic rings. The number of carboxylic acids is 1. The van der Waals surface area contributed by atoms with Gasteiger partial charge in [0.05, 0.1) is 38.1 Å². The zero-order chi connectivity index (χ0) is 47.6. The second-order valence-electron chi connectivity index (χ2n) is 16.3. The van der Waals surface area contributed by atoms with Crippen LogP contribution in [-0.4, -0.2) is 214 Å². The number of unbranched alkanes of at least 4 members (excludes halogenated alkanes) is 1. The summed E-state index contributed by atoms with van der Waals surface area (Å²) in [5.41, 5.74) is 0. The molecule has 4 amide bonds. The van der Waals surface area contributed by atoms with Crippen LogP contribution in [0.3, 0.4) is 0 Å². The standard InChI is InChI=1S/C39H66N4O21/c1-8-9-10-21(47)40-11-12-56-13-14-57-36-23(42-19(6)45)31(26(49)16(3)58-36)61-38-24(43-20(7)46)32(27(50)17(4)60-38)62-39-34(30(53)29(52)33(63-39)35(54)55)64-37-22(41-18(5)44)28(51)25(48)15(2)59-37/h15-17,22-34,36-39,48-53H,8-14H2,1-7H3,(H,40,47)(H,41,44)(H,42,45)(H,43,46)(H,54,55)/t15?,16?,17?,22?,23?,24?,25-,26+,27-,28-,29+,30+,31-,32-,33?,34?,36-,37+,38+,39-/m1/s1. The molecule has 0 aliphatic carbocycles. The lowest BCUT2D eigenvalue weighted by molar-refractivity contribution is -0.372. The maximum Gasteiger partial charge on any atom is 0.335 e. The summed E-state index contributed by atoms with van der Waals surface area (Å²) in [6.07, 6.45) is -25.7. The molecule has 4 saturated heterocycles. The molecule has 0 radical (unpaired) electrons. The Hall–Kier alpha value is -3.25. The van der Waals surface area contributed by atoms with Crippen LogP contribution in [0.1, 0.15) is 67.7 Å². The van der Waals surface area contributed by atoms with Gasteiger partial charge in [0, 0.05) is 33.7 Å². The first kappa shape index (κ1) is 53.4. The number of carbonyl (C=O) groups excluding carboxylic acids is 4. The van der Waals surface area contributed by atoms with Crippen molar-refractivity contribution in [3.05, 3.63) is 0 Å². The van der Waals surface area contributed by atoms with E-state index in [1.54, 1.807) is 0 Å². The molecule has 4 fully saturated rings. The van der Waals surface area contributed by atoms with E-state index in [4.69, 9.17) is 42.6 Å². The van der Waals surface area contributed by atoms with Crippen LogP contribution in [0.15, 0.2) is 0 Å². The molecule has 64 heavy (non-hydrogen) atoms. The Bertz CT molecular complexity index is 1550. The second kappa shape index (κ2) is 24.5. The summed E-state index contributed by atoms with van der Waals surface area (Å²) in [6, 6.07) is -4.27. The molecule has 4 heterocycles. The van der Waals surface area contributed by atoms with Crippen molar-refractivity contribution in [2.75, 3.05) is 26.4 Å². The summed E-state index contributed by atoms with van der Waals surface area (Å²) in [4.78, 5) is 61.5. The molecule has 8 unspecified atom stereocenters. The topological polar surface area (TPSA) is 358 Å². The smallest absolute Gasteiger partial charge is 0.335 e. The number of rotatable bonds is 20. The molecule has 0 aromatic heterocycles. The number of carbonyl (C=O) groups is 5. The number of hydrogen-bond acceptors (Lipinski definition) is 20. The predicted octanol–water partition coefficient (Wildman–Crippen LogP) is -4.80. The van der Waals surface area contributed by atoms with Gasteiger partial charge in [-0.1, -0.05) is 13.3 Å². The molecule has 25 nitrogen and oxygen atoms in total. The summed E-state index contributed by atoms with van der Waals surface area (Å²) in [6.45, 7) is 10.1. The number of aliphatic hydroxyl groups is 6. The zero-order valence-corrected chi connectivity index (χ0v) is 36.8. The van der Waals surface area contributed by atoms with E-state index in [1.165, 1.54) is 27.7 Å². The first-order valence-corrected chi connectivity index (χ1v) is 21.3. The van der Waals surface area contributed by atoms with E-state index in [0.717, 1.165) is 26.7 Å². The molecule has 0 bridgehead atoms. The number of nitrogens with one attached hydrogen (secondary N) is 4. The van der Waals surface area contributed by atoms with E-state index in [1.807, 2.05) is 6.92 Å². The fraction of sp³-hybridized carbons (Fsp3) is 0.872. The Morgan fingerprint density at radius 1 is 0.547 bits per heavy atom. The van der Waals surface area contributed by atoms with Gasteiger partial charge in [0.1, 0.15) is 73.1 Å². The predicted molar refractivity (Wildman–Crippen MR) is 212 cm³/mol. The van der Waals surface area contributed by atoms with Crippen LogP contribution in [0.4, 0.5) is 0 Å². The van der Waals surface area contributed by atoms with Crippen molar-refractivity contribution >= 4 is 29.6 Å². The van der Waals surface area contributed by atoms with Gasteiger partial charge in [0.2, 0.25) is 23.6 Å². The van der Waals surface area contributed by atoms with Crippen LogP contribution >= 0.6 is 0 Å². The minimum atomic E-state index is -2.16. The van der Waals surface area contributed by atoms with Crippen LogP contribution in [0.25, 0.3) is 0 Å². The average Bonchev–Trinajstić information content (AvgIpc) is 3.22. The van der Waals surface area contributed by atoms with E-state index in [9.17, 15) is 59.7 Å². The Morgan fingerprint density at radius 2 is 1.03 bits per heavy atom. The van der Waals surface area contributed by atoms with Crippen molar-refractivity contribution in [1.29, 1.82) is 0 Å². The first-order valence-electron chi connectivity index (χ1n) is 21.3. The van der Waals surface area contributed by atoms with Gasteiger partial charge in [0.25, 0.3) is 0 Å². The largest absolute Gasteiger partial charge is 0.479 e. The highest BCUT2D eigenvalue weighted by Gasteiger charge is 2.57. The molecule has 0 aromatic carbocycles. The normalized spacial score (nSPS) is 40.2. The second-order valence-corrected chi connectivity index (χ2v) is 16.3. The summed E-state index contributed by atoms with van der Waals surface area (Å²) in [5.74, 6) is -3.80. The molecular formula is C39H66N4O21. The van der Waals surface area contributed by atoms with Crippen LogP contribution in [0, 0.1) is 0 Å². The third kappa shape index (κ3) is 13.9. The highest BCUT2D eigenvalue weighted by atomic mass is 16.8. The van der Waals surface area contributed by atoms with Crippen LogP contribution < -0.4 is 21.3 Å². The van der Waals surface area contributed by atoms with E-state index < -0.39 is 146 Å². The van der Waals surface area contributed by atoms with Crippen molar-refractivity contribution in [2.24, 2.45) is 0 Å². The minimum absolute atomic E-state index is 0.0510. The molecule has 0 aromatic rings. The Morgan fingerprint density at radius 3 is 1.58 bits per heavy atom. The highest BCUT2D eigenvalue weighted by molar-refractivity contribution is 5.76. The third-order valence-corrected chi connectivity index (χ3v) is 11.1. The average molecular weight is 927 g/mol.